The molecule has 0 radical (unpaired) electrons. The predicted octanol–water partition coefficient (Wildman–Crippen LogP) is 3.95. The Hall–Kier alpha value is -1.85. The fraction of sp³-hybridized carbons (Fsp3) is 0.231. The molecule has 0 saturated carbocycles. The molecule has 6 heteroatoms. The monoisotopic (exact) mass is 281 g/mol. The lowest BCUT2D eigenvalue weighted by molar-refractivity contribution is -0.384. The largest absolute Gasteiger partial charge is 0.458 e. The molecule has 2 rings (SSSR count). The van der Waals surface area contributed by atoms with Gasteiger partial charge < -0.3 is 9.52 Å². The summed E-state index contributed by atoms with van der Waals surface area (Å²) in [5.41, 5.74) is 0.374. The van der Waals surface area contributed by atoms with Gasteiger partial charge in [-0.1, -0.05) is 18.5 Å². The second kappa shape index (κ2) is 5.42. The Balaban J connectivity index is 2.43. The molecule has 1 aromatic carbocycles. The van der Waals surface area contributed by atoms with Crippen LogP contribution >= 0.6 is 11.6 Å². The van der Waals surface area contributed by atoms with Gasteiger partial charge >= 0.3 is 0 Å². The molecule has 0 amide bonds. The van der Waals surface area contributed by atoms with Crippen molar-refractivity contribution in [2.45, 2.75) is 19.4 Å². The zero-order valence-corrected chi connectivity index (χ0v) is 10.9. The third kappa shape index (κ3) is 2.77. The first-order chi connectivity index (χ1) is 9.02. The maximum absolute atomic E-state index is 10.7. The van der Waals surface area contributed by atoms with E-state index in [9.17, 15) is 15.2 Å². The van der Waals surface area contributed by atoms with Gasteiger partial charge in [-0.15, -0.1) is 0 Å². The molecule has 19 heavy (non-hydrogen) atoms. The Morgan fingerprint density at radius 3 is 2.79 bits per heavy atom. The first-order valence-electron chi connectivity index (χ1n) is 5.75. The summed E-state index contributed by atoms with van der Waals surface area (Å²) in [7, 11) is 0. The van der Waals surface area contributed by atoms with Gasteiger partial charge in [0.05, 0.1) is 9.95 Å². The number of nitro groups is 1. The average Bonchev–Trinajstić information content (AvgIpc) is 2.87. The molecule has 0 fully saturated rings. The second-order valence-electron chi connectivity index (χ2n) is 4.05. The molecule has 1 atom stereocenters. The van der Waals surface area contributed by atoms with E-state index >= 15 is 0 Å². The quantitative estimate of drug-likeness (QED) is 0.680. The molecule has 0 aliphatic rings. The Morgan fingerprint density at radius 2 is 2.16 bits per heavy atom. The van der Waals surface area contributed by atoms with E-state index in [1.54, 1.807) is 12.1 Å². The molecule has 1 heterocycles. The number of halogens is 1. The molecule has 100 valence electrons. The van der Waals surface area contributed by atoms with Crippen molar-refractivity contribution in [3.8, 4) is 11.3 Å². The zero-order valence-electron chi connectivity index (χ0n) is 10.2. The van der Waals surface area contributed by atoms with Gasteiger partial charge in [-0.3, -0.25) is 10.1 Å². The molecule has 1 aromatic heterocycles. The van der Waals surface area contributed by atoms with Gasteiger partial charge in [0.25, 0.3) is 5.69 Å². The number of furan rings is 1. The zero-order chi connectivity index (χ0) is 14.0. The van der Waals surface area contributed by atoms with Crippen LogP contribution in [0.1, 0.15) is 25.2 Å². The predicted molar refractivity (Wildman–Crippen MR) is 71.1 cm³/mol. The van der Waals surface area contributed by atoms with Crippen LogP contribution in [-0.4, -0.2) is 10.0 Å². The number of non-ortho nitro benzene ring substituents is 1. The van der Waals surface area contributed by atoms with E-state index in [1.165, 1.54) is 18.2 Å². The highest BCUT2D eigenvalue weighted by molar-refractivity contribution is 6.33. The van der Waals surface area contributed by atoms with Crippen molar-refractivity contribution in [3.63, 3.8) is 0 Å². The Labute approximate surface area is 114 Å². The molecule has 0 spiro atoms. The van der Waals surface area contributed by atoms with Gasteiger partial charge in [-0.25, -0.2) is 0 Å². The van der Waals surface area contributed by atoms with Crippen LogP contribution in [-0.2, 0) is 0 Å². The minimum absolute atomic E-state index is 0.0617. The summed E-state index contributed by atoms with van der Waals surface area (Å²) in [5.74, 6) is 0.816. The van der Waals surface area contributed by atoms with Crippen molar-refractivity contribution in [3.05, 3.63) is 51.2 Å². The molecule has 5 nitrogen and oxygen atoms in total. The highest BCUT2D eigenvalue weighted by Crippen LogP contribution is 2.34. The number of rotatable bonds is 4. The van der Waals surface area contributed by atoms with Crippen LogP contribution in [0.25, 0.3) is 11.3 Å². The summed E-state index contributed by atoms with van der Waals surface area (Å²) in [4.78, 5) is 10.3. The minimum Gasteiger partial charge on any atom is -0.458 e. The number of benzene rings is 1. The Morgan fingerprint density at radius 1 is 1.42 bits per heavy atom. The van der Waals surface area contributed by atoms with Crippen LogP contribution < -0.4 is 0 Å². The molecule has 1 N–H and O–H groups in total. The van der Waals surface area contributed by atoms with E-state index in [-0.39, 0.29) is 5.69 Å². The molecular weight excluding hydrogens is 270 g/mol. The van der Waals surface area contributed by atoms with Crippen LogP contribution in [0.4, 0.5) is 5.69 Å². The van der Waals surface area contributed by atoms with Crippen molar-refractivity contribution < 1.29 is 14.4 Å². The fourth-order valence-electron chi connectivity index (χ4n) is 1.69. The summed E-state index contributed by atoms with van der Waals surface area (Å²) in [6.07, 6.45) is -0.165. The molecule has 0 aliphatic carbocycles. The van der Waals surface area contributed by atoms with Gasteiger partial charge in [0, 0.05) is 17.7 Å². The van der Waals surface area contributed by atoms with E-state index in [0.717, 1.165) is 0 Å². The van der Waals surface area contributed by atoms with Gasteiger partial charge in [-0.05, 0) is 24.6 Å². The number of aliphatic hydroxyl groups is 1. The summed E-state index contributed by atoms with van der Waals surface area (Å²) in [6, 6.07) is 7.41. The Kier molecular flexibility index (Phi) is 3.87. The van der Waals surface area contributed by atoms with E-state index in [2.05, 4.69) is 0 Å². The van der Waals surface area contributed by atoms with Crippen LogP contribution in [0.5, 0.6) is 0 Å². The van der Waals surface area contributed by atoms with Crippen molar-refractivity contribution in [1.29, 1.82) is 0 Å². The third-order valence-corrected chi connectivity index (χ3v) is 3.10. The minimum atomic E-state index is -0.689. The van der Waals surface area contributed by atoms with Gasteiger partial charge in [-0.2, -0.15) is 0 Å². The molecule has 0 aliphatic heterocycles. The van der Waals surface area contributed by atoms with Gasteiger partial charge in [0.1, 0.15) is 17.6 Å². The highest BCUT2D eigenvalue weighted by Gasteiger charge is 2.16. The van der Waals surface area contributed by atoms with Crippen molar-refractivity contribution in [2.75, 3.05) is 0 Å². The highest BCUT2D eigenvalue weighted by atomic mass is 35.5. The summed E-state index contributed by atoms with van der Waals surface area (Å²) in [5, 5.41) is 20.8. The fourth-order valence-corrected chi connectivity index (χ4v) is 1.90. The number of hydrogen-bond donors (Lipinski definition) is 1. The van der Waals surface area contributed by atoms with E-state index in [4.69, 9.17) is 16.0 Å². The topological polar surface area (TPSA) is 76.5 Å². The average molecular weight is 282 g/mol. The van der Waals surface area contributed by atoms with E-state index in [1.807, 2.05) is 6.92 Å². The number of aliphatic hydroxyl groups excluding tert-OH is 1. The first kappa shape index (κ1) is 13.6. The second-order valence-corrected chi connectivity index (χ2v) is 4.45. The number of hydrogen-bond acceptors (Lipinski definition) is 4. The summed E-state index contributed by atoms with van der Waals surface area (Å²) in [6.45, 7) is 1.83. The van der Waals surface area contributed by atoms with Crippen molar-refractivity contribution in [2.24, 2.45) is 0 Å². The van der Waals surface area contributed by atoms with Gasteiger partial charge in [0.2, 0.25) is 0 Å². The van der Waals surface area contributed by atoms with Crippen molar-refractivity contribution in [1.82, 2.24) is 0 Å². The van der Waals surface area contributed by atoms with Gasteiger partial charge in [0.15, 0.2) is 0 Å². The SMILES string of the molecule is CCC(O)c1ccc(-c2cc([N+](=O)[O-])ccc2Cl)o1. The summed E-state index contributed by atoms with van der Waals surface area (Å²) < 4.78 is 5.48. The van der Waals surface area contributed by atoms with Crippen molar-refractivity contribution >= 4 is 17.3 Å². The van der Waals surface area contributed by atoms with E-state index < -0.39 is 11.0 Å². The lowest BCUT2D eigenvalue weighted by Gasteiger charge is -2.04. The van der Waals surface area contributed by atoms with Crippen LogP contribution in [0.3, 0.4) is 0 Å². The van der Waals surface area contributed by atoms with Crippen LogP contribution in [0.2, 0.25) is 5.02 Å². The number of nitro benzene ring substituents is 1. The molecule has 2 aromatic rings. The van der Waals surface area contributed by atoms with E-state index in [0.29, 0.717) is 28.5 Å². The molecule has 0 saturated heterocycles. The van der Waals surface area contributed by atoms with Crippen LogP contribution in [0, 0.1) is 10.1 Å². The lowest BCUT2D eigenvalue weighted by atomic mass is 10.1. The summed E-state index contributed by atoms with van der Waals surface area (Å²) >= 11 is 6.01. The maximum atomic E-state index is 10.7. The lowest BCUT2D eigenvalue weighted by Crippen LogP contribution is -1.91. The normalized spacial score (nSPS) is 12.4. The standard InChI is InChI=1S/C13H12ClNO4/c1-2-11(16)13-6-5-12(19-13)9-7-8(15(17)18)3-4-10(9)14/h3-7,11,16H,2H2,1H3. The third-order valence-electron chi connectivity index (χ3n) is 2.77. The Bertz CT molecular complexity index is 608. The smallest absolute Gasteiger partial charge is 0.270 e. The maximum Gasteiger partial charge on any atom is 0.270 e. The number of nitrogens with zero attached hydrogens (tertiary/aromatic N) is 1. The molecule has 1 unspecified atom stereocenters. The molecule has 0 bridgehead atoms. The van der Waals surface area contributed by atoms with Crippen LogP contribution in [0.15, 0.2) is 34.7 Å². The first-order valence-corrected chi connectivity index (χ1v) is 6.12. The molecular formula is C13H12ClNO4.